The van der Waals surface area contributed by atoms with E-state index in [1.165, 1.54) is 13.4 Å². The molecule has 0 unspecified atom stereocenters. The fourth-order valence-corrected chi connectivity index (χ4v) is 3.77. The van der Waals surface area contributed by atoms with E-state index in [0.29, 0.717) is 35.8 Å². The van der Waals surface area contributed by atoms with Gasteiger partial charge in [-0.05, 0) is 52.0 Å². The Bertz CT molecular complexity index is 1060. The molecule has 0 aliphatic heterocycles. The third-order valence-corrected chi connectivity index (χ3v) is 5.36. The first-order chi connectivity index (χ1) is 15.9. The second-order valence-electron chi connectivity index (χ2n) is 8.22. The average molecular weight is 449 g/mol. The van der Waals surface area contributed by atoms with Crippen LogP contribution in [0.15, 0.2) is 60.9 Å². The fourth-order valence-electron chi connectivity index (χ4n) is 3.77. The molecule has 0 aliphatic rings. The maximum atomic E-state index is 12.1. The van der Waals surface area contributed by atoms with Gasteiger partial charge in [0.25, 0.3) is 0 Å². The van der Waals surface area contributed by atoms with Gasteiger partial charge in [-0.15, -0.1) is 0 Å². The summed E-state index contributed by atoms with van der Waals surface area (Å²) in [6.07, 6.45) is 1.49. The van der Waals surface area contributed by atoms with E-state index < -0.39 is 5.97 Å². The molecule has 3 rings (SSSR count). The molecule has 1 aromatic heterocycles. The Kier molecular flexibility index (Phi) is 8.38. The molecular weight excluding hydrogens is 416 g/mol. The van der Waals surface area contributed by atoms with Crippen molar-refractivity contribution in [3.05, 3.63) is 66.5 Å². The molecule has 0 spiro atoms. The van der Waals surface area contributed by atoms with Crippen molar-refractivity contribution in [1.29, 1.82) is 0 Å². The van der Waals surface area contributed by atoms with Crippen molar-refractivity contribution in [3.63, 3.8) is 0 Å². The zero-order valence-electron chi connectivity index (χ0n) is 19.9. The van der Waals surface area contributed by atoms with Crippen LogP contribution in [-0.2, 0) is 4.74 Å². The van der Waals surface area contributed by atoms with E-state index in [9.17, 15) is 4.79 Å². The maximum Gasteiger partial charge on any atom is 0.339 e. The number of nitrogens with zero attached hydrogens (tertiary/aromatic N) is 3. The summed E-state index contributed by atoms with van der Waals surface area (Å²) in [6.45, 7) is 10.2. The molecule has 3 aromatic rings. The lowest BCUT2D eigenvalue weighted by Crippen LogP contribution is -2.39. The van der Waals surface area contributed by atoms with Crippen LogP contribution in [0.4, 0.5) is 11.5 Å². The average Bonchev–Trinajstić information content (AvgIpc) is 2.81. The van der Waals surface area contributed by atoms with Gasteiger partial charge in [0.05, 0.1) is 24.1 Å². The van der Waals surface area contributed by atoms with Crippen molar-refractivity contribution in [3.8, 4) is 17.0 Å². The summed E-state index contributed by atoms with van der Waals surface area (Å²) in [5.74, 6) is 0.921. The van der Waals surface area contributed by atoms with Gasteiger partial charge in [-0.3, -0.25) is 4.90 Å². The van der Waals surface area contributed by atoms with Crippen molar-refractivity contribution < 1.29 is 14.3 Å². The Morgan fingerprint density at radius 1 is 1.00 bits per heavy atom. The number of hydrogen-bond acceptors (Lipinski definition) is 7. The summed E-state index contributed by atoms with van der Waals surface area (Å²) in [5, 5.41) is 3.20. The molecule has 7 nitrogen and oxygen atoms in total. The maximum absolute atomic E-state index is 12.1. The van der Waals surface area contributed by atoms with Crippen LogP contribution >= 0.6 is 0 Å². The van der Waals surface area contributed by atoms with Crippen LogP contribution in [0.2, 0.25) is 0 Å². The molecule has 0 aliphatic carbocycles. The highest BCUT2D eigenvalue weighted by Gasteiger charge is 2.15. The van der Waals surface area contributed by atoms with Crippen molar-refractivity contribution in [2.45, 2.75) is 39.8 Å². The monoisotopic (exact) mass is 448 g/mol. The number of nitrogens with one attached hydrogen (secondary N) is 1. The van der Waals surface area contributed by atoms with Crippen LogP contribution in [0.1, 0.15) is 38.1 Å². The van der Waals surface area contributed by atoms with Crippen LogP contribution in [-0.4, -0.2) is 53.2 Å². The third-order valence-electron chi connectivity index (χ3n) is 5.36. The minimum absolute atomic E-state index is 0.414. The van der Waals surface area contributed by atoms with E-state index in [1.54, 1.807) is 18.2 Å². The quantitative estimate of drug-likeness (QED) is 0.429. The van der Waals surface area contributed by atoms with E-state index in [1.807, 2.05) is 36.4 Å². The van der Waals surface area contributed by atoms with Crippen molar-refractivity contribution in [1.82, 2.24) is 14.9 Å². The number of methoxy groups -OCH3 is 1. The van der Waals surface area contributed by atoms with Crippen LogP contribution in [0, 0.1) is 0 Å². The van der Waals surface area contributed by atoms with E-state index >= 15 is 0 Å². The smallest absolute Gasteiger partial charge is 0.339 e. The standard InChI is InChI=1S/C26H32N4O3/c1-18(2)30(19(3)4)14-15-33-24-13-9-7-10-20(24)23-16-25(28-17-27-23)29-22-12-8-6-11-21(22)26(31)32-5/h6-13,16-19H,14-15H2,1-5H3,(H,27,28,29). The number of ether oxygens (including phenoxy) is 2. The molecule has 0 saturated carbocycles. The lowest BCUT2D eigenvalue weighted by Gasteiger charge is -2.30. The molecule has 0 amide bonds. The minimum atomic E-state index is -0.414. The molecule has 7 heteroatoms. The first-order valence-electron chi connectivity index (χ1n) is 11.1. The van der Waals surface area contributed by atoms with Gasteiger partial charge in [-0.1, -0.05) is 24.3 Å². The molecule has 2 aromatic carbocycles. The van der Waals surface area contributed by atoms with Gasteiger partial charge in [0.1, 0.15) is 24.5 Å². The van der Waals surface area contributed by atoms with Crippen LogP contribution < -0.4 is 10.1 Å². The number of carbonyl (C=O) groups excluding carboxylic acids is 1. The zero-order chi connectivity index (χ0) is 23.8. The highest BCUT2D eigenvalue weighted by Crippen LogP contribution is 2.30. The van der Waals surface area contributed by atoms with Crippen LogP contribution in [0.25, 0.3) is 11.3 Å². The number of benzene rings is 2. The topological polar surface area (TPSA) is 76.6 Å². The lowest BCUT2D eigenvalue weighted by molar-refractivity contribution is 0.0602. The second-order valence-corrected chi connectivity index (χ2v) is 8.22. The fraction of sp³-hybridized carbons (Fsp3) is 0.346. The van der Waals surface area contributed by atoms with Gasteiger partial charge < -0.3 is 14.8 Å². The van der Waals surface area contributed by atoms with E-state index in [4.69, 9.17) is 9.47 Å². The lowest BCUT2D eigenvalue weighted by atomic mass is 10.1. The van der Waals surface area contributed by atoms with Crippen molar-refractivity contribution in [2.75, 3.05) is 25.6 Å². The second kappa shape index (κ2) is 11.4. The van der Waals surface area contributed by atoms with Gasteiger partial charge in [0.2, 0.25) is 0 Å². The number of anilines is 2. The predicted octanol–water partition coefficient (Wildman–Crippen LogP) is 5.17. The van der Waals surface area contributed by atoms with Gasteiger partial charge in [0.15, 0.2) is 0 Å². The van der Waals surface area contributed by atoms with Gasteiger partial charge in [0, 0.05) is 30.3 Å². The molecule has 33 heavy (non-hydrogen) atoms. The Labute approximate surface area is 195 Å². The van der Waals surface area contributed by atoms with E-state index in [2.05, 4.69) is 47.9 Å². The van der Waals surface area contributed by atoms with Crippen LogP contribution in [0.3, 0.4) is 0 Å². The molecule has 0 bridgehead atoms. The normalized spacial score (nSPS) is 11.2. The number of para-hydroxylation sites is 2. The highest BCUT2D eigenvalue weighted by atomic mass is 16.5. The third kappa shape index (κ3) is 6.29. The summed E-state index contributed by atoms with van der Waals surface area (Å²) in [5.41, 5.74) is 2.65. The van der Waals surface area contributed by atoms with Crippen molar-refractivity contribution in [2.24, 2.45) is 0 Å². The number of hydrogen-bond donors (Lipinski definition) is 1. The van der Waals surface area contributed by atoms with Gasteiger partial charge in [-0.25, -0.2) is 14.8 Å². The molecular formula is C26H32N4O3. The summed E-state index contributed by atoms with van der Waals surface area (Å²) in [6, 6.07) is 17.7. The number of carbonyl (C=O) groups is 1. The SMILES string of the molecule is COC(=O)c1ccccc1Nc1cc(-c2ccccc2OCCN(C(C)C)C(C)C)ncn1. The first-order valence-corrected chi connectivity index (χ1v) is 11.1. The van der Waals surface area contributed by atoms with E-state index in [0.717, 1.165) is 23.6 Å². The molecule has 1 N–H and O–H groups in total. The van der Waals surface area contributed by atoms with Gasteiger partial charge in [-0.2, -0.15) is 0 Å². The Morgan fingerprint density at radius 3 is 2.42 bits per heavy atom. The molecule has 0 saturated heterocycles. The molecule has 1 heterocycles. The zero-order valence-corrected chi connectivity index (χ0v) is 19.9. The summed E-state index contributed by atoms with van der Waals surface area (Å²) in [7, 11) is 1.36. The Hall–Kier alpha value is -3.45. The Morgan fingerprint density at radius 2 is 1.70 bits per heavy atom. The summed E-state index contributed by atoms with van der Waals surface area (Å²) < 4.78 is 11.0. The Balaban J connectivity index is 1.79. The molecule has 174 valence electrons. The summed E-state index contributed by atoms with van der Waals surface area (Å²) >= 11 is 0. The van der Waals surface area contributed by atoms with Crippen LogP contribution in [0.5, 0.6) is 5.75 Å². The molecule has 0 atom stereocenters. The summed E-state index contributed by atoms with van der Waals surface area (Å²) in [4.78, 5) is 23.2. The van der Waals surface area contributed by atoms with Gasteiger partial charge >= 0.3 is 5.97 Å². The first kappa shape index (κ1) is 24.2. The minimum Gasteiger partial charge on any atom is -0.492 e. The number of rotatable bonds is 10. The number of esters is 1. The largest absolute Gasteiger partial charge is 0.492 e. The molecule has 0 fully saturated rings. The van der Waals surface area contributed by atoms with Crippen molar-refractivity contribution >= 4 is 17.5 Å². The van der Waals surface area contributed by atoms with E-state index in [-0.39, 0.29) is 0 Å². The number of aromatic nitrogens is 2. The highest BCUT2D eigenvalue weighted by molar-refractivity contribution is 5.96. The predicted molar refractivity (Wildman–Crippen MR) is 131 cm³/mol. The molecule has 0 radical (unpaired) electrons.